The predicted molar refractivity (Wildman–Crippen MR) is 63.3 cm³/mol. The Labute approximate surface area is 96.6 Å². The molecule has 0 radical (unpaired) electrons. The molecule has 0 bridgehead atoms. The second-order valence-electron chi connectivity index (χ2n) is 4.53. The van der Waals surface area contributed by atoms with Gasteiger partial charge in [-0.05, 0) is 25.3 Å². The molecule has 0 amide bonds. The lowest BCUT2D eigenvalue weighted by atomic mass is 9.96. The van der Waals surface area contributed by atoms with E-state index in [9.17, 15) is 4.79 Å². The summed E-state index contributed by atoms with van der Waals surface area (Å²) in [6.07, 6.45) is 2.65. The number of Topliss-reactive ketones (excluding diaryl/α,β-unsaturated/α-hetero) is 1. The molecule has 1 aliphatic heterocycles. The Bertz CT molecular complexity index is 345. The molecule has 2 rings (SSSR count). The minimum absolute atomic E-state index is 0.138. The van der Waals surface area contributed by atoms with Crippen molar-refractivity contribution < 1.29 is 9.53 Å². The Morgan fingerprint density at radius 3 is 2.75 bits per heavy atom. The van der Waals surface area contributed by atoms with E-state index in [4.69, 9.17) is 4.74 Å². The number of rotatable bonds is 4. The van der Waals surface area contributed by atoms with Crippen molar-refractivity contribution in [1.29, 1.82) is 0 Å². The highest BCUT2D eigenvalue weighted by Gasteiger charge is 2.27. The molecule has 0 N–H and O–H groups in total. The van der Waals surface area contributed by atoms with E-state index in [-0.39, 0.29) is 12.0 Å². The molecule has 0 saturated carbocycles. The van der Waals surface area contributed by atoms with Crippen LogP contribution in [0.4, 0.5) is 0 Å². The normalized spacial score (nSPS) is 24.6. The van der Waals surface area contributed by atoms with Gasteiger partial charge in [-0.15, -0.1) is 0 Å². The van der Waals surface area contributed by atoms with Crippen LogP contribution in [0, 0.1) is 5.92 Å². The second kappa shape index (κ2) is 5.26. The van der Waals surface area contributed by atoms with Crippen LogP contribution in [0.25, 0.3) is 0 Å². The Hall–Kier alpha value is -1.15. The van der Waals surface area contributed by atoms with Crippen molar-refractivity contribution in [1.82, 2.24) is 0 Å². The summed E-state index contributed by atoms with van der Waals surface area (Å²) in [5.41, 5.74) is 1.24. The summed E-state index contributed by atoms with van der Waals surface area (Å²) < 4.78 is 5.42. The molecule has 1 heterocycles. The van der Waals surface area contributed by atoms with Crippen LogP contribution >= 0.6 is 0 Å². The van der Waals surface area contributed by atoms with E-state index >= 15 is 0 Å². The fourth-order valence-electron chi connectivity index (χ4n) is 2.16. The molecule has 1 saturated heterocycles. The van der Waals surface area contributed by atoms with Gasteiger partial charge < -0.3 is 4.74 Å². The average Bonchev–Trinajstić information content (AvgIpc) is 2.74. The van der Waals surface area contributed by atoms with Crippen molar-refractivity contribution in [3.63, 3.8) is 0 Å². The minimum atomic E-state index is 0.138. The molecule has 16 heavy (non-hydrogen) atoms. The van der Waals surface area contributed by atoms with Crippen molar-refractivity contribution in [2.24, 2.45) is 5.92 Å². The van der Waals surface area contributed by atoms with Crippen LogP contribution in [0.1, 0.15) is 25.3 Å². The van der Waals surface area contributed by atoms with Gasteiger partial charge >= 0.3 is 0 Å². The molecule has 1 fully saturated rings. The van der Waals surface area contributed by atoms with Crippen LogP contribution < -0.4 is 0 Å². The van der Waals surface area contributed by atoms with Gasteiger partial charge in [0.1, 0.15) is 5.78 Å². The Kier molecular flexibility index (Phi) is 3.73. The van der Waals surface area contributed by atoms with Gasteiger partial charge in [0.25, 0.3) is 0 Å². The third-order valence-electron chi connectivity index (χ3n) is 3.16. The van der Waals surface area contributed by atoms with Crippen LogP contribution in [-0.2, 0) is 16.0 Å². The fourth-order valence-corrected chi connectivity index (χ4v) is 2.16. The van der Waals surface area contributed by atoms with E-state index in [0.717, 1.165) is 12.8 Å². The number of ether oxygens (including phenoxy) is 1. The van der Waals surface area contributed by atoms with Gasteiger partial charge in [-0.3, -0.25) is 4.79 Å². The summed E-state index contributed by atoms with van der Waals surface area (Å²) in [6.45, 7) is 2.65. The van der Waals surface area contributed by atoms with Crippen LogP contribution in [0.2, 0.25) is 0 Å². The predicted octanol–water partition coefficient (Wildman–Crippen LogP) is 2.61. The first kappa shape index (κ1) is 11.3. The van der Waals surface area contributed by atoms with Gasteiger partial charge in [-0.2, -0.15) is 0 Å². The quantitative estimate of drug-likeness (QED) is 0.776. The van der Waals surface area contributed by atoms with Crippen LogP contribution in [0.3, 0.4) is 0 Å². The summed E-state index contributed by atoms with van der Waals surface area (Å²) in [7, 11) is 0. The summed E-state index contributed by atoms with van der Waals surface area (Å²) in [5, 5.41) is 0. The first-order chi connectivity index (χ1) is 7.75. The summed E-state index contributed by atoms with van der Waals surface area (Å²) in [4.78, 5) is 11.9. The highest BCUT2D eigenvalue weighted by molar-refractivity contribution is 5.81. The SMILES string of the molecule is CC1CC(C(=O)CCc2ccccc2)CO1. The van der Waals surface area contributed by atoms with Gasteiger partial charge in [-0.25, -0.2) is 0 Å². The lowest BCUT2D eigenvalue weighted by molar-refractivity contribution is -0.122. The molecule has 1 aromatic carbocycles. The third-order valence-corrected chi connectivity index (χ3v) is 3.16. The topological polar surface area (TPSA) is 26.3 Å². The highest BCUT2D eigenvalue weighted by Crippen LogP contribution is 2.21. The minimum Gasteiger partial charge on any atom is -0.378 e. The maximum Gasteiger partial charge on any atom is 0.138 e. The van der Waals surface area contributed by atoms with Crippen molar-refractivity contribution in [2.75, 3.05) is 6.61 Å². The van der Waals surface area contributed by atoms with Gasteiger partial charge in [0.15, 0.2) is 0 Å². The lowest BCUT2D eigenvalue weighted by Gasteiger charge is -2.06. The number of hydrogen-bond acceptors (Lipinski definition) is 2. The maximum absolute atomic E-state index is 11.9. The zero-order chi connectivity index (χ0) is 11.4. The second-order valence-corrected chi connectivity index (χ2v) is 4.53. The van der Waals surface area contributed by atoms with Crippen molar-refractivity contribution in [3.8, 4) is 0 Å². The number of hydrogen-bond donors (Lipinski definition) is 0. The molecule has 1 aromatic rings. The molecule has 86 valence electrons. The van der Waals surface area contributed by atoms with E-state index in [1.165, 1.54) is 5.56 Å². The van der Waals surface area contributed by atoms with E-state index in [1.807, 2.05) is 25.1 Å². The van der Waals surface area contributed by atoms with Crippen LogP contribution in [-0.4, -0.2) is 18.5 Å². The molecule has 0 aliphatic carbocycles. The number of carbonyl (C=O) groups is 1. The molecule has 1 aliphatic rings. The van der Waals surface area contributed by atoms with Gasteiger partial charge in [0.05, 0.1) is 12.7 Å². The monoisotopic (exact) mass is 218 g/mol. The lowest BCUT2D eigenvalue weighted by Crippen LogP contribution is -2.15. The molecule has 0 aromatic heterocycles. The smallest absolute Gasteiger partial charge is 0.138 e. The molecule has 2 unspecified atom stereocenters. The number of aryl methyl sites for hydroxylation is 1. The average molecular weight is 218 g/mol. The van der Waals surface area contributed by atoms with Crippen LogP contribution in [0.5, 0.6) is 0 Å². The van der Waals surface area contributed by atoms with Crippen molar-refractivity contribution in [3.05, 3.63) is 35.9 Å². The zero-order valence-electron chi connectivity index (χ0n) is 9.69. The van der Waals surface area contributed by atoms with Crippen molar-refractivity contribution >= 4 is 5.78 Å². The molecule has 0 spiro atoms. The third kappa shape index (κ3) is 2.92. The first-order valence-electron chi connectivity index (χ1n) is 5.94. The van der Waals surface area contributed by atoms with Gasteiger partial charge in [0.2, 0.25) is 0 Å². The van der Waals surface area contributed by atoms with E-state index in [0.29, 0.717) is 18.8 Å². The summed E-state index contributed by atoms with van der Waals surface area (Å²) >= 11 is 0. The molecule has 2 heteroatoms. The molecular weight excluding hydrogens is 200 g/mol. The maximum atomic E-state index is 11.9. The van der Waals surface area contributed by atoms with E-state index < -0.39 is 0 Å². The molecule has 2 atom stereocenters. The molecular formula is C14H18O2. The number of benzene rings is 1. The Balaban J connectivity index is 1.80. The van der Waals surface area contributed by atoms with E-state index in [1.54, 1.807) is 0 Å². The number of ketones is 1. The largest absolute Gasteiger partial charge is 0.378 e. The van der Waals surface area contributed by atoms with E-state index in [2.05, 4.69) is 12.1 Å². The standard InChI is InChI=1S/C14H18O2/c1-11-9-13(10-16-11)14(15)8-7-12-5-3-2-4-6-12/h2-6,11,13H,7-10H2,1H3. The number of carbonyl (C=O) groups excluding carboxylic acids is 1. The summed E-state index contributed by atoms with van der Waals surface area (Å²) in [6, 6.07) is 10.2. The summed E-state index contributed by atoms with van der Waals surface area (Å²) in [5.74, 6) is 0.493. The highest BCUT2D eigenvalue weighted by atomic mass is 16.5. The Morgan fingerprint density at radius 1 is 1.38 bits per heavy atom. The van der Waals surface area contributed by atoms with Crippen LogP contribution in [0.15, 0.2) is 30.3 Å². The first-order valence-corrected chi connectivity index (χ1v) is 5.94. The molecule has 2 nitrogen and oxygen atoms in total. The van der Waals surface area contributed by atoms with Crippen molar-refractivity contribution in [2.45, 2.75) is 32.3 Å². The van der Waals surface area contributed by atoms with Gasteiger partial charge in [0, 0.05) is 12.3 Å². The van der Waals surface area contributed by atoms with Gasteiger partial charge in [-0.1, -0.05) is 30.3 Å². The fraction of sp³-hybridized carbons (Fsp3) is 0.500. The zero-order valence-corrected chi connectivity index (χ0v) is 9.69. The Morgan fingerprint density at radius 2 is 2.12 bits per heavy atom.